The number of ether oxygens (including phenoxy) is 5. The number of hydrogen-bond donors (Lipinski definition) is 3. The number of carbonyl (C=O) groups excluding carboxylic acids is 3. The van der Waals surface area contributed by atoms with E-state index in [2.05, 4.69) is 118 Å². The Morgan fingerprint density at radius 1 is 0.466 bits per heavy atom. The van der Waals surface area contributed by atoms with Crippen LogP contribution in [0.25, 0.3) is 0 Å². The van der Waals surface area contributed by atoms with Gasteiger partial charge in [0.2, 0.25) is 0 Å². The highest BCUT2D eigenvalue weighted by Gasteiger charge is 2.50. The molecule has 0 aromatic carbocycles. The van der Waals surface area contributed by atoms with Gasteiger partial charge in [0.05, 0.1) is 6.61 Å². The zero-order valence-corrected chi connectivity index (χ0v) is 45.1. The summed E-state index contributed by atoms with van der Waals surface area (Å²) >= 11 is 0. The van der Waals surface area contributed by atoms with Gasteiger partial charge in [-0.25, -0.2) is 4.79 Å². The van der Waals surface area contributed by atoms with E-state index in [-0.39, 0.29) is 25.9 Å². The Kier molecular flexibility index (Phi) is 44.0. The largest absolute Gasteiger partial charge is 0.479 e. The number of rotatable bonds is 45. The second-order valence-corrected chi connectivity index (χ2v) is 18.4. The summed E-state index contributed by atoms with van der Waals surface area (Å²) in [4.78, 5) is 51.0. The Bertz CT molecular complexity index is 1690. The minimum absolute atomic E-state index is 0.0354. The number of carboxylic acid groups (broad SMARTS) is 1. The molecule has 0 bridgehead atoms. The molecule has 0 saturated carbocycles. The lowest BCUT2D eigenvalue weighted by atomic mass is 9.98. The molecule has 1 aliphatic heterocycles. The fourth-order valence-electron chi connectivity index (χ4n) is 7.61. The van der Waals surface area contributed by atoms with E-state index >= 15 is 0 Å². The molecule has 0 aromatic rings. The Labute approximate surface area is 440 Å². The molecule has 12 nitrogen and oxygen atoms in total. The van der Waals surface area contributed by atoms with Crippen LogP contribution >= 0.6 is 0 Å². The lowest BCUT2D eigenvalue weighted by Crippen LogP contribution is -2.61. The van der Waals surface area contributed by atoms with Crippen molar-refractivity contribution in [3.8, 4) is 0 Å². The summed E-state index contributed by atoms with van der Waals surface area (Å²) in [7, 11) is 0. The number of hydrogen-bond acceptors (Lipinski definition) is 11. The number of aliphatic carboxylic acids is 1. The minimum atomic E-state index is -1.92. The van der Waals surface area contributed by atoms with Gasteiger partial charge < -0.3 is 39.0 Å². The van der Waals surface area contributed by atoms with Crippen molar-refractivity contribution in [3.63, 3.8) is 0 Å². The Morgan fingerprint density at radius 3 is 1.37 bits per heavy atom. The van der Waals surface area contributed by atoms with Gasteiger partial charge in [-0.05, 0) is 103 Å². The first kappa shape index (κ1) is 66.4. The molecule has 1 rings (SSSR count). The van der Waals surface area contributed by atoms with Crippen LogP contribution in [-0.4, -0.2) is 89.2 Å². The van der Waals surface area contributed by atoms with Gasteiger partial charge in [-0.15, -0.1) is 0 Å². The summed E-state index contributed by atoms with van der Waals surface area (Å²) in [6.45, 7) is 5.59. The molecule has 0 spiro atoms. The first-order valence-corrected chi connectivity index (χ1v) is 27.9. The lowest BCUT2D eigenvalue weighted by Gasteiger charge is -2.40. The maximum absolute atomic E-state index is 13.1. The highest BCUT2D eigenvalue weighted by Crippen LogP contribution is 2.26. The molecule has 0 amide bonds. The first-order chi connectivity index (χ1) is 35.6. The molecule has 1 heterocycles. The van der Waals surface area contributed by atoms with Gasteiger partial charge in [0, 0.05) is 19.3 Å². The maximum atomic E-state index is 13.1. The summed E-state index contributed by atoms with van der Waals surface area (Å²) < 4.78 is 28.2. The van der Waals surface area contributed by atoms with E-state index in [9.17, 15) is 34.5 Å². The smallest absolute Gasteiger partial charge is 0.335 e. The van der Waals surface area contributed by atoms with E-state index in [0.29, 0.717) is 19.3 Å². The quantitative estimate of drug-likeness (QED) is 0.0228. The molecule has 0 aromatic heterocycles. The van der Waals surface area contributed by atoms with E-state index in [1.54, 1.807) is 0 Å². The number of esters is 3. The van der Waals surface area contributed by atoms with E-state index in [4.69, 9.17) is 23.7 Å². The van der Waals surface area contributed by atoms with Crippen LogP contribution in [0.15, 0.2) is 109 Å². The number of carbonyl (C=O) groups is 4. The summed E-state index contributed by atoms with van der Waals surface area (Å²) in [5, 5.41) is 31.4. The highest BCUT2D eigenvalue weighted by atomic mass is 16.7. The molecule has 1 fully saturated rings. The maximum Gasteiger partial charge on any atom is 0.335 e. The van der Waals surface area contributed by atoms with Crippen LogP contribution in [0.4, 0.5) is 0 Å². The third-order valence-electron chi connectivity index (χ3n) is 11.8. The van der Waals surface area contributed by atoms with Crippen molar-refractivity contribution in [3.05, 3.63) is 109 Å². The average Bonchev–Trinajstić information content (AvgIpc) is 3.37. The molecular formula is C61H96O12. The van der Waals surface area contributed by atoms with Crippen molar-refractivity contribution in [1.82, 2.24) is 0 Å². The summed E-state index contributed by atoms with van der Waals surface area (Å²) in [5.74, 6) is -3.28. The van der Waals surface area contributed by atoms with Gasteiger partial charge >= 0.3 is 23.9 Å². The molecule has 0 radical (unpaired) electrons. The van der Waals surface area contributed by atoms with Crippen LogP contribution in [0.5, 0.6) is 0 Å². The number of aliphatic hydroxyl groups is 2. The Morgan fingerprint density at radius 2 is 0.890 bits per heavy atom. The van der Waals surface area contributed by atoms with Crippen molar-refractivity contribution in [2.24, 2.45) is 0 Å². The lowest BCUT2D eigenvalue weighted by molar-refractivity contribution is -0.301. The van der Waals surface area contributed by atoms with Gasteiger partial charge in [0.15, 0.2) is 24.6 Å². The highest BCUT2D eigenvalue weighted by molar-refractivity contribution is 5.74. The van der Waals surface area contributed by atoms with Crippen LogP contribution in [0, 0.1) is 0 Å². The SMILES string of the molecule is CC/C=C\C/C=C\C/C=C\C/C=C\CCC(=O)OCC(COC1OC(C(=O)O)C(O)C(O)C1OC(=O)CCCCCCCCC/C=C\C/C=C\C/C=C\CC)OC(=O)CCCCCCC/C=C\C/C=C\CCC. The molecule has 73 heavy (non-hydrogen) atoms. The van der Waals surface area contributed by atoms with Crippen molar-refractivity contribution in [2.75, 3.05) is 13.2 Å². The first-order valence-electron chi connectivity index (χ1n) is 27.9. The molecule has 1 saturated heterocycles. The fraction of sp³-hybridized carbons (Fsp3) is 0.639. The predicted octanol–water partition coefficient (Wildman–Crippen LogP) is 13.9. The van der Waals surface area contributed by atoms with E-state index in [1.807, 2.05) is 12.2 Å². The van der Waals surface area contributed by atoms with E-state index in [0.717, 1.165) is 141 Å². The summed E-state index contributed by atoms with van der Waals surface area (Å²) in [6.07, 6.45) is 52.2. The van der Waals surface area contributed by atoms with Crippen molar-refractivity contribution >= 4 is 23.9 Å². The van der Waals surface area contributed by atoms with Crippen LogP contribution in [0.2, 0.25) is 0 Å². The molecule has 6 atom stereocenters. The molecular weight excluding hydrogens is 925 g/mol. The molecule has 0 aliphatic carbocycles. The monoisotopic (exact) mass is 1020 g/mol. The zero-order chi connectivity index (χ0) is 53.3. The Balaban J connectivity index is 2.75. The van der Waals surface area contributed by atoms with Gasteiger partial charge in [-0.1, -0.05) is 188 Å². The van der Waals surface area contributed by atoms with Crippen LogP contribution < -0.4 is 0 Å². The molecule has 3 N–H and O–H groups in total. The normalized spacial score (nSPS) is 19.2. The van der Waals surface area contributed by atoms with E-state index < -0.39 is 67.3 Å². The van der Waals surface area contributed by atoms with Crippen molar-refractivity contribution in [1.29, 1.82) is 0 Å². The topological polar surface area (TPSA) is 175 Å². The van der Waals surface area contributed by atoms with Gasteiger partial charge in [-0.2, -0.15) is 0 Å². The van der Waals surface area contributed by atoms with Gasteiger partial charge in [0.1, 0.15) is 18.8 Å². The number of allylic oxidation sites excluding steroid dienone is 18. The third-order valence-corrected chi connectivity index (χ3v) is 11.8. The standard InChI is InChI=1S/C61H96O12/c1-4-7-10-13-16-19-22-25-26-27-28-31-34-37-40-43-46-49-55(64)72-59-57(66)56(65)58(60(67)68)73-61(59)70-51-52(71-54(63)48-45-42-39-36-33-30-24-21-18-15-12-9-6-3)50-69-53(62)47-44-41-38-35-32-29-23-20-17-14-11-8-5-2/h7-8,10-12,15-17,19-21,24-26,29,32,38,41,52,56-59,61,65-66H,4-6,9,13-14,18,22-23,27-28,30-31,33-37,39-40,42-51H2,1-3H3,(H,67,68)/b10-7-,11-8-,15-12-,19-16-,20-17-,24-21-,26-25-,32-29-,41-38-. The number of aliphatic hydroxyl groups excluding tert-OH is 2. The van der Waals surface area contributed by atoms with Crippen molar-refractivity contribution < 1.29 is 58.2 Å². The van der Waals surface area contributed by atoms with Crippen LogP contribution in [-0.2, 0) is 42.9 Å². The van der Waals surface area contributed by atoms with Crippen LogP contribution in [0.3, 0.4) is 0 Å². The molecule has 412 valence electrons. The van der Waals surface area contributed by atoms with Crippen molar-refractivity contribution in [2.45, 2.75) is 237 Å². The molecule has 12 heteroatoms. The van der Waals surface area contributed by atoms with E-state index in [1.165, 1.54) is 0 Å². The zero-order valence-electron chi connectivity index (χ0n) is 45.1. The second-order valence-electron chi connectivity index (χ2n) is 18.4. The summed E-state index contributed by atoms with van der Waals surface area (Å²) in [5.41, 5.74) is 0. The Hall–Kier alpha value is -4.62. The van der Waals surface area contributed by atoms with Gasteiger partial charge in [0.25, 0.3) is 0 Å². The fourth-order valence-corrected chi connectivity index (χ4v) is 7.61. The van der Waals surface area contributed by atoms with Gasteiger partial charge in [-0.3, -0.25) is 14.4 Å². The molecule has 6 unspecified atom stereocenters. The van der Waals surface area contributed by atoms with Crippen LogP contribution in [0.1, 0.15) is 201 Å². The minimum Gasteiger partial charge on any atom is -0.479 e. The third kappa shape index (κ3) is 38.6. The summed E-state index contributed by atoms with van der Waals surface area (Å²) in [6, 6.07) is 0. The number of unbranched alkanes of at least 4 members (excludes halogenated alkanes) is 13. The predicted molar refractivity (Wildman–Crippen MR) is 294 cm³/mol. The molecule has 1 aliphatic rings. The average molecular weight is 1020 g/mol. The number of carboxylic acids is 1. The second kappa shape index (κ2) is 48.3.